The summed E-state index contributed by atoms with van der Waals surface area (Å²) in [5.74, 6) is 0.806. The number of aryl methyl sites for hydroxylation is 1. The molecule has 2 aromatic rings. The SMILES string of the molecule is Cc1ccc(C(=O)N2CCCC(C(=O)N3CC(Oc4ccncc4)C3)C2)cc1. The molecule has 4 rings (SSSR count). The number of benzene rings is 1. The lowest BCUT2D eigenvalue weighted by atomic mass is 9.94. The fourth-order valence-corrected chi connectivity index (χ4v) is 3.80. The van der Waals surface area contributed by atoms with Crippen molar-refractivity contribution in [3.63, 3.8) is 0 Å². The van der Waals surface area contributed by atoms with E-state index in [2.05, 4.69) is 4.98 Å². The Bertz CT molecular complexity index is 832. The van der Waals surface area contributed by atoms with E-state index in [-0.39, 0.29) is 23.8 Å². The first-order chi connectivity index (χ1) is 13.6. The van der Waals surface area contributed by atoms with Gasteiger partial charge in [-0.1, -0.05) is 17.7 Å². The standard InChI is InChI=1S/C22H25N3O3/c1-16-4-6-17(7-5-16)21(26)24-12-2-3-18(13-24)22(27)25-14-20(15-25)28-19-8-10-23-11-9-19/h4-11,18,20H,2-3,12-15H2,1H3. The Balaban J connectivity index is 1.30. The topological polar surface area (TPSA) is 62.7 Å². The molecule has 2 aliphatic heterocycles. The molecule has 1 atom stereocenters. The van der Waals surface area contributed by atoms with E-state index >= 15 is 0 Å². The molecule has 1 unspecified atom stereocenters. The monoisotopic (exact) mass is 379 g/mol. The molecule has 28 heavy (non-hydrogen) atoms. The number of carbonyl (C=O) groups is 2. The highest BCUT2D eigenvalue weighted by molar-refractivity contribution is 5.94. The number of rotatable bonds is 4. The van der Waals surface area contributed by atoms with Gasteiger partial charge >= 0.3 is 0 Å². The fraction of sp³-hybridized carbons (Fsp3) is 0.409. The van der Waals surface area contributed by atoms with Crippen molar-refractivity contribution in [2.24, 2.45) is 5.92 Å². The van der Waals surface area contributed by atoms with E-state index in [4.69, 9.17) is 4.74 Å². The summed E-state index contributed by atoms with van der Waals surface area (Å²) in [6, 6.07) is 11.3. The number of hydrogen-bond acceptors (Lipinski definition) is 4. The van der Waals surface area contributed by atoms with Crippen LogP contribution in [0.1, 0.15) is 28.8 Å². The molecule has 6 nitrogen and oxygen atoms in total. The second-order valence-corrected chi connectivity index (χ2v) is 7.62. The summed E-state index contributed by atoms with van der Waals surface area (Å²) >= 11 is 0. The molecule has 1 aromatic heterocycles. The molecule has 0 aliphatic carbocycles. The number of pyridine rings is 1. The minimum absolute atomic E-state index is 0.0139. The molecular formula is C22H25N3O3. The summed E-state index contributed by atoms with van der Waals surface area (Å²) in [6.07, 6.45) is 5.11. The average molecular weight is 379 g/mol. The molecule has 3 heterocycles. The van der Waals surface area contributed by atoms with Crippen LogP contribution in [0.5, 0.6) is 5.75 Å². The largest absolute Gasteiger partial charge is 0.487 e. The predicted octanol–water partition coefficient (Wildman–Crippen LogP) is 2.53. The Kier molecular flexibility index (Phi) is 5.28. The molecule has 2 fully saturated rings. The summed E-state index contributed by atoms with van der Waals surface area (Å²) in [5, 5.41) is 0. The van der Waals surface area contributed by atoms with Crippen LogP contribution in [0.15, 0.2) is 48.8 Å². The highest BCUT2D eigenvalue weighted by Crippen LogP contribution is 2.24. The molecule has 0 saturated carbocycles. The molecule has 2 amide bonds. The number of hydrogen-bond donors (Lipinski definition) is 0. The molecule has 0 spiro atoms. The maximum Gasteiger partial charge on any atom is 0.253 e. The molecule has 2 saturated heterocycles. The first kappa shape index (κ1) is 18.5. The maximum absolute atomic E-state index is 12.9. The van der Waals surface area contributed by atoms with E-state index in [1.54, 1.807) is 12.4 Å². The Labute approximate surface area is 165 Å². The van der Waals surface area contributed by atoms with E-state index in [1.807, 2.05) is 53.1 Å². The molecular weight excluding hydrogens is 354 g/mol. The summed E-state index contributed by atoms with van der Waals surface area (Å²) in [7, 11) is 0. The molecule has 1 aromatic carbocycles. The number of carbonyl (C=O) groups excluding carboxylic acids is 2. The summed E-state index contributed by atoms with van der Waals surface area (Å²) in [6.45, 7) is 4.41. The van der Waals surface area contributed by atoms with Crippen molar-refractivity contribution < 1.29 is 14.3 Å². The van der Waals surface area contributed by atoms with Crippen LogP contribution in [0.25, 0.3) is 0 Å². The van der Waals surface area contributed by atoms with Gasteiger partial charge in [-0.2, -0.15) is 0 Å². The minimum atomic E-state index is -0.120. The van der Waals surface area contributed by atoms with Crippen LogP contribution in [0.2, 0.25) is 0 Å². The Morgan fingerprint density at radius 2 is 1.71 bits per heavy atom. The quantitative estimate of drug-likeness (QED) is 0.819. The van der Waals surface area contributed by atoms with Crippen LogP contribution in [-0.2, 0) is 4.79 Å². The smallest absolute Gasteiger partial charge is 0.253 e. The Hall–Kier alpha value is -2.89. The maximum atomic E-state index is 12.9. The highest BCUT2D eigenvalue weighted by Gasteiger charge is 2.38. The average Bonchev–Trinajstić information content (AvgIpc) is 2.71. The third kappa shape index (κ3) is 4.01. The van der Waals surface area contributed by atoms with E-state index in [9.17, 15) is 9.59 Å². The van der Waals surface area contributed by atoms with Crippen molar-refractivity contribution in [1.29, 1.82) is 0 Å². The molecule has 0 bridgehead atoms. The van der Waals surface area contributed by atoms with Gasteiger partial charge in [0.05, 0.1) is 19.0 Å². The van der Waals surface area contributed by atoms with Gasteiger partial charge in [0, 0.05) is 31.0 Å². The third-order valence-electron chi connectivity index (χ3n) is 5.47. The van der Waals surface area contributed by atoms with Crippen LogP contribution < -0.4 is 4.74 Å². The van der Waals surface area contributed by atoms with Gasteiger partial charge in [-0.25, -0.2) is 0 Å². The first-order valence-corrected chi connectivity index (χ1v) is 9.81. The van der Waals surface area contributed by atoms with Gasteiger partial charge in [-0.3, -0.25) is 14.6 Å². The van der Waals surface area contributed by atoms with Crippen molar-refractivity contribution in [3.8, 4) is 5.75 Å². The van der Waals surface area contributed by atoms with Gasteiger partial charge in [-0.05, 0) is 44.0 Å². The molecule has 0 N–H and O–H groups in total. The van der Waals surface area contributed by atoms with Crippen molar-refractivity contribution in [1.82, 2.24) is 14.8 Å². The number of amides is 2. The van der Waals surface area contributed by atoms with E-state index in [1.165, 1.54) is 0 Å². The number of aromatic nitrogens is 1. The lowest BCUT2D eigenvalue weighted by molar-refractivity contribution is -0.145. The summed E-state index contributed by atoms with van der Waals surface area (Å²) in [5.41, 5.74) is 1.82. The second kappa shape index (κ2) is 8.00. The molecule has 0 radical (unpaired) electrons. The van der Waals surface area contributed by atoms with Gasteiger partial charge in [-0.15, -0.1) is 0 Å². The van der Waals surface area contributed by atoms with Crippen molar-refractivity contribution in [2.75, 3.05) is 26.2 Å². The second-order valence-electron chi connectivity index (χ2n) is 7.62. The van der Waals surface area contributed by atoms with Crippen molar-refractivity contribution >= 4 is 11.8 Å². The van der Waals surface area contributed by atoms with Crippen molar-refractivity contribution in [3.05, 3.63) is 59.9 Å². The van der Waals surface area contributed by atoms with Gasteiger partial charge in [0.25, 0.3) is 5.91 Å². The zero-order valence-corrected chi connectivity index (χ0v) is 16.1. The minimum Gasteiger partial charge on any atom is -0.487 e. The van der Waals surface area contributed by atoms with Crippen molar-refractivity contribution in [2.45, 2.75) is 25.9 Å². The van der Waals surface area contributed by atoms with Crippen LogP contribution in [0.3, 0.4) is 0 Å². The van der Waals surface area contributed by atoms with Gasteiger partial charge in [0.1, 0.15) is 11.9 Å². The lowest BCUT2D eigenvalue weighted by Gasteiger charge is -2.42. The van der Waals surface area contributed by atoms with E-state index < -0.39 is 0 Å². The number of piperidine rings is 1. The fourth-order valence-electron chi connectivity index (χ4n) is 3.80. The number of ether oxygens (including phenoxy) is 1. The third-order valence-corrected chi connectivity index (χ3v) is 5.47. The first-order valence-electron chi connectivity index (χ1n) is 9.81. The molecule has 6 heteroatoms. The van der Waals surface area contributed by atoms with Gasteiger partial charge < -0.3 is 14.5 Å². The molecule has 146 valence electrons. The van der Waals surface area contributed by atoms with E-state index in [0.717, 1.165) is 24.2 Å². The van der Waals surface area contributed by atoms with Crippen LogP contribution >= 0.6 is 0 Å². The van der Waals surface area contributed by atoms with Gasteiger partial charge in [0.2, 0.25) is 5.91 Å². The normalized spacial score (nSPS) is 19.8. The van der Waals surface area contributed by atoms with Crippen LogP contribution in [0.4, 0.5) is 0 Å². The number of likely N-dealkylation sites (tertiary alicyclic amines) is 2. The van der Waals surface area contributed by atoms with Gasteiger partial charge in [0.15, 0.2) is 0 Å². The summed E-state index contributed by atoms with van der Waals surface area (Å²) < 4.78 is 5.85. The van der Waals surface area contributed by atoms with Crippen LogP contribution in [0, 0.1) is 12.8 Å². The Morgan fingerprint density at radius 3 is 2.43 bits per heavy atom. The number of nitrogens with zero attached hydrogens (tertiary/aromatic N) is 3. The zero-order valence-electron chi connectivity index (χ0n) is 16.1. The Morgan fingerprint density at radius 1 is 1.00 bits per heavy atom. The lowest BCUT2D eigenvalue weighted by Crippen LogP contribution is -2.59. The van der Waals surface area contributed by atoms with E-state index in [0.29, 0.717) is 31.7 Å². The molecule has 2 aliphatic rings. The van der Waals surface area contributed by atoms with Crippen LogP contribution in [-0.4, -0.2) is 58.9 Å². The summed E-state index contributed by atoms with van der Waals surface area (Å²) in [4.78, 5) is 33.2. The predicted molar refractivity (Wildman–Crippen MR) is 105 cm³/mol. The zero-order chi connectivity index (χ0) is 19.5. The highest BCUT2D eigenvalue weighted by atomic mass is 16.5.